The fourth-order valence-electron chi connectivity index (χ4n) is 5.36. The number of oxazole rings is 1. The Balaban J connectivity index is 1.44. The molecule has 0 aliphatic carbocycles. The van der Waals surface area contributed by atoms with Gasteiger partial charge in [-0.05, 0) is 30.5 Å². The zero-order chi connectivity index (χ0) is 26.6. The first-order valence-corrected chi connectivity index (χ1v) is 12.9. The van der Waals surface area contributed by atoms with Crippen molar-refractivity contribution in [3.63, 3.8) is 0 Å². The van der Waals surface area contributed by atoms with Crippen LogP contribution in [0.4, 0.5) is 11.6 Å². The van der Waals surface area contributed by atoms with E-state index in [4.69, 9.17) is 32.6 Å². The summed E-state index contributed by atoms with van der Waals surface area (Å²) in [6.07, 6.45) is 3.98. The maximum atomic E-state index is 13.8. The smallest absolute Gasteiger partial charge is 0.332 e. The van der Waals surface area contributed by atoms with E-state index in [1.807, 2.05) is 0 Å². The van der Waals surface area contributed by atoms with E-state index >= 15 is 0 Å². The molecule has 12 nitrogen and oxygen atoms in total. The van der Waals surface area contributed by atoms with Crippen LogP contribution in [0.5, 0.6) is 0 Å². The first kappa shape index (κ1) is 24.7. The third-order valence-electron chi connectivity index (χ3n) is 7.20. The zero-order valence-electron chi connectivity index (χ0n) is 20.4. The lowest BCUT2D eigenvalue weighted by molar-refractivity contribution is -0.116. The molecular weight excluding hydrogens is 535 g/mol. The van der Waals surface area contributed by atoms with Gasteiger partial charge in [0.25, 0.3) is 5.56 Å². The van der Waals surface area contributed by atoms with Gasteiger partial charge < -0.3 is 20.0 Å². The summed E-state index contributed by atoms with van der Waals surface area (Å²) < 4.78 is 9.39. The van der Waals surface area contributed by atoms with Crippen LogP contribution in [0.3, 0.4) is 0 Å². The van der Waals surface area contributed by atoms with Gasteiger partial charge in [0, 0.05) is 37.7 Å². The molecule has 6 rings (SSSR count). The molecular formula is C24H24Cl2N8O4. The van der Waals surface area contributed by atoms with E-state index in [1.165, 1.54) is 30.1 Å². The number of anilines is 2. The van der Waals surface area contributed by atoms with Crippen LogP contribution in [0.15, 0.2) is 44.7 Å². The molecule has 0 saturated carbocycles. The summed E-state index contributed by atoms with van der Waals surface area (Å²) in [6, 6.07) is 4.84. The maximum absolute atomic E-state index is 13.8. The lowest BCUT2D eigenvalue weighted by atomic mass is 10.1. The monoisotopic (exact) mass is 558 g/mol. The largest absolute Gasteiger partial charge is 0.447 e. The van der Waals surface area contributed by atoms with Gasteiger partial charge in [-0.1, -0.05) is 23.2 Å². The predicted octanol–water partition coefficient (Wildman–Crippen LogP) is 1.68. The van der Waals surface area contributed by atoms with Crippen LogP contribution in [0, 0.1) is 5.92 Å². The van der Waals surface area contributed by atoms with Gasteiger partial charge in [0.2, 0.25) is 17.7 Å². The third kappa shape index (κ3) is 4.18. The molecule has 4 aromatic rings. The van der Waals surface area contributed by atoms with E-state index < -0.39 is 23.7 Å². The fourth-order valence-corrected chi connectivity index (χ4v) is 5.81. The topological polar surface area (TPSA) is 132 Å². The summed E-state index contributed by atoms with van der Waals surface area (Å²) in [5.41, 5.74) is -0.558. The molecule has 2 atom stereocenters. The number of rotatable bonds is 6. The molecule has 0 spiro atoms. The molecule has 38 heavy (non-hydrogen) atoms. The van der Waals surface area contributed by atoms with Crippen molar-refractivity contribution in [3.05, 3.63) is 67.4 Å². The van der Waals surface area contributed by atoms with Crippen molar-refractivity contribution in [1.82, 2.24) is 29.0 Å². The van der Waals surface area contributed by atoms with E-state index in [-0.39, 0.29) is 28.8 Å². The Morgan fingerprint density at radius 1 is 1.24 bits per heavy atom. The minimum atomic E-state index is -0.658. The van der Waals surface area contributed by atoms with E-state index in [1.54, 1.807) is 16.7 Å². The van der Waals surface area contributed by atoms with Gasteiger partial charge in [0.15, 0.2) is 11.2 Å². The number of fused-ring (bicyclic) bond motifs is 2. The Labute approximate surface area is 225 Å². The minimum absolute atomic E-state index is 0.139. The van der Waals surface area contributed by atoms with Crippen molar-refractivity contribution in [1.29, 1.82) is 0 Å². The van der Waals surface area contributed by atoms with Crippen molar-refractivity contribution < 1.29 is 9.21 Å². The highest BCUT2D eigenvalue weighted by Gasteiger charge is 2.40. The van der Waals surface area contributed by atoms with Crippen molar-refractivity contribution in [3.8, 4) is 0 Å². The highest BCUT2D eigenvalue weighted by Crippen LogP contribution is 2.33. The van der Waals surface area contributed by atoms with Crippen molar-refractivity contribution in [2.24, 2.45) is 13.0 Å². The summed E-state index contributed by atoms with van der Waals surface area (Å²) in [7, 11) is 1.53. The number of nitrogens with zero attached hydrogens (tertiary/aromatic N) is 6. The van der Waals surface area contributed by atoms with Crippen molar-refractivity contribution in [2.45, 2.75) is 25.6 Å². The number of aromatic nitrogens is 5. The number of hydrogen-bond acceptors (Lipinski definition) is 8. The van der Waals surface area contributed by atoms with Crippen LogP contribution < -0.4 is 26.8 Å². The standard InChI is InChI=1S/C24H24Cl2N8O4/c1-31-21-20(22(36)34(24(31)37)11-18(35)29-16-3-2-14(25)8-15(16)26)33(12-19-28-5-7-38-19)23(30-21)32-6-4-13-9-27-10-17(13)32/h2-3,5,7-8,13,17,27H,4,6,9-12H2,1H3,(H,29,35). The van der Waals surface area contributed by atoms with Gasteiger partial charge in [0.1, 0.15) is 19.4 Å². The summed E-state index contributed by atoms with van der Waals surface area (Å²) in [5, 5.41) is 6.70. The van der Waals surface area contributed by atoms with Crippen molar-refractivity contribution >= 4 is 51.9 Å². The van der Waals surface area contributed by atoms with Crippen LogP contribution in [-0.2, 0) is 24.9 Å². The Morgan fingerprint density at radius 2 is 2.08 bits per heavy atom. The lowest BCUT2D eigenvalue weighted by Gasteiger charge is -2.25. The molecule has 2 aliphatic heterocycles. The zero-order valence-corrected chi connectivity index (χ0v) is 21.9. The Kier molecular flexibility index (Phi) is 6.25. The van der Waals surface area contributed by atoms with Gasteiger partial charge in [-0.2, -0.15) is 4.98 Å². The quantitative estimate of drug-likeness (QED) is 0.365. The fraction of sp³-hybridized carbons (Fsp3) is 0.375. The highest BCUT2D eigenvalue weighted by atomic mass is 35.5. The number of carbonyl (C=O) groups is 1. The summed E-state index contributed by atoms with van der Waals surface area (Å²) in [4.78, 5) is 51.1. The van der Waals surface area contributed by atoms with Crippen LogP contribution in [0.2, 0.25) is 10.0 Å². The molecule has 198 valence electrons. The second-order valence-corrected chi connectivity index (χ2v) is 10.3. The number of benzene rings is 1. The summed E-state index contributed by atoms with van der Waals surface area (Å²) in [6.45, 7) is 2.14. The molecule has 1 amide bonds. The van der Waals surface area contributed by atoms with Gasteiger partial charge in [-0.15, -0.1) is 0 Å². The van der Waals surface area contributed by atoms with Crippen LogP contribution in [-0.4, -0.2) is 55.3 Å². The second kappa shape index (κ2) is 9.61. The van der Waals surface area contributed by atoms with Gasteiger partial charge in [-0.3, -0.25) is 18.7 Å². The molecule has 1 aromatic carbocycles. The molecule has 14 heteroatoms. The SMILES string of the molecule is Cn1c(=O)n(CC(=O)Nc2ccc(Cl)cc2Cl)c(=O)c2c1nc(N1CCC3CNCC31)n2Cc1ncco1. The Bertz CT molecular complexity index is 1660. The maximum Gasteiger partial charge on any atom is 0.332 e. The molecule has 2 fully saturated rings. The van der Waals surface area contributed by atoms with Gasteiger partial charge >= 0.3 is 5.69 Å². The van der Waals surface area contributed by atoms with E-state index in [2.05, 4.69) is 20.5 Å². The number of hydrogen-bond donors (Lipinski definition) is 2. The molecule has 2 unspecified atom stereocenters. The molecule has 0 radical (unpaired) electrons. The first-order valence-electron chi connectivity index (χ1n) is 12.1. The first-order chi connectivity index (χ1) is 18.3. The van der Waals surface area contributed by atoms with Crippen molar-refractivity contribution in [2.75, 3.05) is 29.9 Å². The average Bonchev–Trinajstić information content (AvgIpc) is 3.67. The number of imidazole rings is 1. The van der Waals surface area contributed by atoms with Crippen LogP contribution >= 0.6 is 23.2 Å². The summed E-state index contributed by atoms with van der Waals surface area (Å²) in [5.74, 6) is 0.845. The normalized spacial score (nSPS) is 18.9. The Morgan fingerprint density at radius 3 is 2.84 bits per heavy atom. The molecule has 2 saturated heterocycles. The number of aryl methyl sites for hydroxylation is 1. The summed E-state index contributed by atoms with van der Waals surface area (Å²) >= 11 is 12.1. The van der Waals surface area contributed by atoms with E-state index in [9.17, 15) is 14.4 Å². The van der Waals surface area contributed by atoms with E-state index in [0.717, 1.165) is 30.6 Å². The molecule has 0 bridgehead atoms. The van der Waals surface area contributed by atoms with Crippen LogP contribution in [0.25, 0.3) is 11.2 Å². The predicted molar refractivity (Wildman–Crippen MR) is 142 cm³/mol. The highest BCUT2D eigenvalue weighted by molar-refractivity contribution is 6.36. The number of halogens is 2. The molecule has 2 N–H and O–H groups in total. The average molecular weight is 559 g/mol. The third-order valence-corrected chi connectivity index (χ3v) is 7.75. The number of carbonyl (C=O) groups excluding carboxylic acids is 1. The Hall–Kier alpha value is -3.61. The van der Waals surface area contributed by atoms with Crippen LogP contribution in [0.1, 0.15) is 12.3 Å². The van der Waals surface area contributed by atoms with E-state index in [0.29, 0.717) is 28.5 Å². The molecule has 2 aliphatic rings. The number of amides is 1. The number of nitrogens with one attached hydrogen (secondary N) is 2. The lowest BCUT2D eigenvalue weighted by Crippen LogP contribution is -2.42. The second-order valence-electron chi connectivity index (χ2n) is 9.47. The van der Waals surface area contributed by atoms with Gasteiger partial charge in [0.05, 0.1) is 16.9 Å². The molecule has 3 aromatic heterocycles. The van der Waals surface area contributed by atoms with Gasteiger partial charge in [-0.25, -0.2) is 14.3 Å². The molecule has 5 heterocycles. The minimum Gasteiger partial charge on any atom is -0.447 e.